The lowest BCUT2D eigenvalue weighted by Gasteiger charge is -2.20. The van der Waals surface area contributed by atoms with Crippen LogP contribution in [0.2, 0.25) is 5.02 Å². The summed E-state index contributed by atoms with van der Waals surface area (Å²) in [7, 11) is 0. The highest BCUT2D eigenvalue weighted by Gasteiger charge is 2.26. The van der Waals surface area contributed by atoms with Gasteiger partial charge in [0.15, 0.2) is 5.13 Å². The lowest BCUT2D eigenvalue weighted by atomic mass is 10.1. The molecule has 166 valence electrons. The Bertz CT molecular complexity index is 1370. The van der Waals surface area contributed by atoms with Gasteiger partial charge in [0, 0.05) is 17.2 Å². The zero-order chi connectivity index (χ0) is 23.7. The van der Waals surface area contributed by atoms with Gasteiger partial charge in [-0.1, -0.05) is 53.3 Å². The van der Waals surface area contributed by atoms with Crippen molar-refractivity contribution in [3.05, 3.63) is 103 Å². The van der Waals surface area contributed by atoms with E-state index in [0.29, 0.717) is 15.7 Å². The molecule has 0 N–H and O–H groups in total. The predicted molar refractivity (Wildman–Crippen MR) is 126 cm³/mol. The van der Waals surface area contributed by atoms with Gasteiger partial charge in [0.2, 0.25) is 0 Å². The fourth-order valence-corrected chi connectivity index (χ4v) is 4.75. The van der Waals surface area contributed by atoms with E-state index in [9.17, 15) is 25.0 Å². The van der Waals surface area contributed by atoms with Crippen molar-refractivity contribution < 1.29 is 14.6 Å². The van der Waals surface area contributed by atoms with E-state index < -0.39 is 27.1 Å². The Morgan fingerprint density at radius 1 is 1.03 bits per heavy atom. The fraction of sp³-hybridized carbons (Fsp3) is 0.0909. The molecule has 0 atom stereocenters. The standard InChI is InChI=1S/C22H15ClN4O5S/c1-13-7-16(23)10-19-20(13)24-22(33-19)25(12-14-5-3-2-4-6-14)21(28)15-8-17(26(29)30)11-18(9-15)27(31)32/h2-11H,12H2,1H3. The first kappa shape index (κ1) is 22.3. The molecular formula is C22H15ClN4O5S. The number of rotatable bonds is 6. The summed E-state index contributed by atoms with van der Waals surface area (Å²) in [5.41, 5.74) is 1.03. The maximum atomic E-state index is 13.5. The van der Waals surface area contributed by atoms with E-state index in [-0.39, 0.29) is 12.1 Å². The molecule has 1 aromatic heterocycles. The van der Waals surface area contributed by atoms with Gasteiger partial charge in [-0.15, -0.1) is 0 Å². The van der Waals surface area contributed by atoms with Crippen molar-refractivity contribution in [1.82, 2.24) is 4.98 Å². The van der Waals surface area contributed by atoms with Crippen molar-refractivity contribution in [2.24, 2.45) is 0 Å². The lowest BCUT2D eigenvalue weighted by molar-refractivity contribution is -0.394. The molecule has 3 aromatic carbocycles. The summed E-state index contributed by atoms with van der Waals surface area (Å²) in [6, 6.07) is 15.5. The maximum absolute atomic E-state index is 13.5. The number of anilines is 1. The smallest absolute Gasteiger partial charge is 0.277 e. The van der Waals surface area contributed by atoms with Crippen LogP contribution < -0.4 is 4.90 Å². The molecule has 0 radical (unpaired) electrons. The number of nitro groups is 2. The summed E-state index contributed by atoms with van der Waals surface area (Å²) in [6.07, 6.45) is 0. The minimum absolute atomic E-state index is 0.114. The van der Waals surface area contributed by atoms with Gasteiger partial charge in [0.25, 0.3) is 17.3 Å². The second-order valence-corrected chi connectivity index (χ2v) is 8.64. The van der Waals surface area contributed by atoms with Crippen LogP contribution >= 0.6 is 22.9 Å². The van der Waals surface area contributed by atoms with Gasteiger partial charge in [0.1, 0.15) is 0 Å². The highest BCUT2D eigenvalue weighted by atomic mass is 35.5. The summed E-state index contributed by atoms with van der Waals surface area (Å²) >= 11 is 7.40. The third kappa shape index (κ3) is 4.66. The number of aromatic nitrogens is 1. The van der Waals surface area contributed by atoms with Gasteiger partial charge in [0.05, 0.1) is 38.2 Å². The zero-order valence-corrected chi connectivity index (χ0v) is 18.7. The Morgan fingerprint density at radius 3 is 2.27 bits per heavy atom. The van der Waals surface area contributed by atoms with E-state index in [4.69, 9.17) is 11.6 Å². The second kappa shape index (κ2) is 8.93. The molecule has 0 saturated heterocycles. The second-order valence-electron chi connectivity index (χ2n) is 7.20. The Morgan fingerprint density at radius 2 is 1.67 bits per heavy atom. The van der Waals surface area contributed by atoms with E-state index in [0.717, 1.165) is 34.0 Å². The van der Waals surface area contributed by atoms with Gasteiger partial charge in [-0.2, -0.15) is 0 Å². The summed E-state index contributed by atoms with van der Waals surface area (Å²) in [4.78, 5) is 40.6. The number of carbonyl (C=O) groups excluding carboxylic acids is 1. The molecule has 0 saturated carbocycles. The van der Waals surface area contributed by atoms with Gasteiger partial charge in [-0.3, -0.25) is 29.9 Å². The number of benzene rings is 3. The monoisotopic (exact) mass is 482 g/mol. The SMILES string of the molecule is Cc1cc(Cl)cc2sc(N(Cc3ccccc3)C(=O)c3cc([N+](=O)[O-])cc([N+](=O)[O-])c3)nc12. The molecule has 1 heterocycles. The van der Waals surface area contributed by atoms with Crippen LogP contribution in [0.1, 0.15) is 21.5 Å². The van der Waals surface area contributed by atoms with E-state index in [1.165, 1.54) is 16.2 Å². The van der Waals surface area contributed by atoms with Crippen LogP contribution in [0.15, 0.2) is 60.7 Å². The van der Waals surface area contributed by atoms with Gasteiger partial charge in [-0.05, 0) is 30.2 Å². The summed E-state index contributed by atoms with van der Waals surface area (Å²) in [6.45, 7) is 1.97. The van der Waals surface area contributed by atoms with Crippen LogP contribution in [0.4, 0.5) is 16.5 Å². The topological polar surface area (TPSA) is 119 Å². The molecule has 9 nitrogen and oxygen atoms in total. The highest BCUT2D eigenvalue weighted by molar-refractivity contribution is 7.22. The molecule has 0 fully saturated rings. The first-order chi connectivity index (χ1) is 15.7. The normalized spacial score (nSPS) is 10.8. The number of fused-ring (bicyclic) bond motifs is 1. The number of thiazole rings is 1. The van der Waals surface area contributed by atoms with Crippen molar-refractivity contribution in [2.45, 2.75) is 13.5 Å². The average Bonchev–Trinajstić information content (AvgIpc) is 3.21. The molecule has 0 aliphatic carbocycles. The number of hydrogen-bond donors (Lipinski definition) is 0. The van der Waals surface area contributed by atoms with E-state index in [1.807, 2.05) is 37.3 Å². The Kier molecular flexibility index (Phi) is 6.03. The molecule has 0 aliphatic heterocycles. The molecular weight excluding hydrogens is 468 g/mol. The summed E-state index contributed by atoms with van der Waals surface area (Å²) < 4.78 is 0.769. The molecule has 4 rings (SSSR count). The predicted octanol–water partition coefficient (Wildman–Crippen LogP) is 5.92. The third-order valence-corrected chi connectivity index (χ3v) is 6.11. The number of hydrogen-bond acceptors (Lipinski definition) is 7. The van der Waals surface area contributed by atoms with E-state index in [2.05, 4.69) is 4.98 Å². The number of non-ortho nitro benzene ring substituents is 2. The van der Waals surface area contributed by atoms with Crippen LogP contribution in [0, 0.1) is 27.2 Å². The Hall–Kier alpha value is -3.89. The minimum atomic E-state index is -0.769. The molecule has 0 unspecified atom stereocenters. The van der Waals surface area contributed by atoms with Crippen molar-refractivity contribution >= 4 is 55.6 Å². The first-order valence-electron chi connectivity index (χ1n) is 9.59. The number of aryl methyl sites for hydroxylation is 1. The van der Waals surface area contributed by atoms with Gasteiger partial charge < -0.3 is 0 Å². The van der Waals surface area contributed by atoms with E-state index in [1.54, 1.807) is 12.1 Å². The van der Waals surface area contributed by atoms with Crippen LogP contribution in [-0.2, 0) is 6.54 Å². The van der Waals surface area contributed by atoms with Gasteiger partial charge >= 0.3 is 0 Å². The minimum Gasteiger partial charge on any atom is -0.279 e. The number of amides is 1. The van der Waals surface area contributed by atoms with Crippen LogP contribution in [0.3, 0.4) is 0 Å². The van der Waals surface area contributed by atoms with Gasteiger partial charge in [-0.25, -0.2) is 4.98 Å². The van der Waals surface area contributed by atoms with Crippen LogP contribution in [-0.4, -0.2) is 20.7 Å². The van der Waals surface area contributed by atoms with Crippen molar-refractivity contribution in [2.75, 3.05) is 4.90 Å². The molecule has 11 heteroatoms. The van der Waals surface area contributed by atoms with Crippen molar-refractivity contribution in [3.8, 4) is 0 Å². The van der Waals surface area contributed by atoms with Crippen LogP contribution in [0.25, 0.3) is 10.2 Å². The highest BCUT2D eigenvalue weighted by Crippen LogP contribution is 2.35. The molecule has 0 spiro atoms. The molecule has 0 aliphatic rings. The quantitative estimate of drug-likeness (QED) is 0.248. The molecule has 0 bridgehead atoms. The zero-order valence-electron chi connectivity index (χ0n) is 17.1. The number of nitro benzene ring substituents is 2. The third-order valence-electron chi connectivity index (χ3n) is 4.87. The fourth-order valence-electron chi connectivity index (χ4n) is 3.34. The summed E-state index contributed by atoms with van der Waals surface area (Å²) in [5.74, 6) is -0.645. The maximum Gasteiger partial charge on any atom is 0.277 e. The first-order valence-corrected chi connectivity index (χ1v) is 10.8. The molecule has 1 amide bonds. The number of carbonyl (C=O) groups is 1. The summed E-state index contributed by atoms with van der Waals surface area (Å²) in [5, 5.41) is 23.5. The Labute approximate surface area is 196 Å². The van der Waals surface area contributed by atoms with E-state index >= 15 is 0 Å². The Balaban J connectivity index is 1.85. The number of nitrogens with zero attached hydrogens (tertiary/aromatic N) is 4. The van der Waals surface area contributed by atoms with Crippen molar-refractivity contribution in [1.29, 1.82) is 0 Å². The average molecular weight is 483 g/mol. The molecule has 33 heavy (non-hydrogen) atoms. The molecule has 4 aromatic rings. The van der Waals surface area contributed by atoms with Crippen LogP contribution in [0.5, 0.6) is 0 Å². The van der Waals surface area contributed by atoms with Crippen molar-refractivity contribution in [3.63, 3.8) is 0 Å². The largest absolute Gasteiger partial charge is 0.279 e. The lowest BCUT2D eigenvalue weighted by Crippen LogP contribution is -2.30. The number of halogens is 1.